The first-order valence-corrected chi connectivity index (χ1v) is 7.27. The molecule has 1 nitrogen and oxygen atoms in total. The normalized spacial score (nSPS) is 9.85. The van der Waals surface area contributed by atoms with E-state index in [2.05, 4.69) is 70.4 Å². The molecule has 0 heterocycles. The summed E-state index contributed by atoms with van der Waals surface area (Å²) in [5.74, 6) is 0. The Labute approximate surface area is 135 Å². The number of allylic oxidation sites excluding steroid dienone is 2. The molecule has 0 bridgehead atoms. The second-order valence-corrected chi connectivity index (χ2v) is 5.71. The molecule has 112 valence electrons. The lowest BCUT2D eigenvalue weighted by Gasteiger charge is -2.11. The summed E-state index contributed by atoms with van der Waals surface area (Å²) in [6.07, 6.45) is 8.35. The van der Waals surface area contributed by atoms with Crippen LogP contribution in [0.5, 0.6) is 0 Å². The Kier molecular flexibility index (Phi) is 10.4. The van der Waals surface area contributed by atoms with E-state index in [1.807, 2.05) is 0 Å². The van der Waals surface area contributed by atoms with Gasteiger partial charge in [0.2, 0.25) is 0 Å². The first kappa shape index (κ1) is 19.1. The van der Waals surface area contributed by atoms with Gasteiger partial charge in [-0.1, -0.05) is 30.3 Å². The SMILES string of the molecule is CC(C)=C[NH+](C=C(C)C)CCCCc1ccccc1.[Br-]. The third-order valence-corrected chi connectivity index (χ3v) is 2.97. The summed E-state index contributed by atoms with van der Waals surface area (Å²) in [5, 5.41) is 0. The highest BCUT2D eigenvalue weighted by molar-refractivity contribution is 5.14. The summed E-state index contributed by atoms with van der Waals surface area (Å²) in [5.41, 5.74) is 4.22. The average Bonchev–Trinajstić information content (AvgIpc) is 2.34. The molecule has 0 atom stereocenters. The Morgan fingerprint density at radius 3 is 1.95 bits per heavy atom. The molecule has 0 aliphatic heterocycles. The topological polar surface area (TPSA) is 4.44 Å². The molecule has 0 fully saturated rings. The number of aryl methyl sites for hydroxylation is 1. The molecule has 2 heteroatoms. The van der Waals surface area contributed by atoms with Crippen LogP contribution in [0.1, 0.15) is 46.1 Å². The summed E-state index contributed by atoms with van der Waals surface area (Å²) < 4.78 is 0. The van der Waals surface area contributed by atoms with Gasteiger partial charge in [-0.2, -0.15) is 0 Å². The molecule has 1 aromatic carbocycles. The van der Waals surface area contributed by atoms with Gasteiger partial charge in [-0.15, -0.1) is 0 Å². The van der Waals surface area contributed by atoms with Crippen molar-refractivity contribution >= 4 is 0 Å². The monoisotopic (exact) mass is 337 g/mol. The van der Waals surface area contributed by atoms with Crippen molar-refractivity contribution in [2.24, 2.45) is 0 Å². The van der Waals surface area contributed by atoms with Crippen LogP contribution in [0.2, 0.25) is 0 Å². The summed E-state index contributed by atoms with van der Waals surface area (Å²) in [7, 11) is 0. The van der Waals surface area contributed by atoms with E-state index in [4.69, 9.17) is 0 Å². The molecular weight excluding hydrogens is 310 g/mol. The molecule has 0 aromatic heterocycles. The van der Waals surface area contributed by atoms with Gasteiger partial charge >= 0.3 is 0 Å². The maximum absolute atomic E-state index is 2.31. The van der Waals surface area contributed by atoms with Gasteiger partial charge in [0.25, 0.3) is 0 Å². The van der Waals surface area contributed by atoms with Crippen molar-refractivity contribution in [1.29, 1.82) is 0 Å². The maximum atomic E-state index is 2.31. The zero-order valence-electron chi connectivity index (χ0n) is 13.2. The van der Waals surface area contributed by atoms with Gasteiger partial charge in [-0.3, -0.25) is 4.90 Å². The molecule has 0 saturated carbocycles. The molecule has 0 aliphatic carbocycles. The van der Waals surface area contributed by atoms with Gasteiger partial charge in [0, 0.05) is 0 Å². The van der Waals surface area contributed by atoms with Gasteiger partial charge in [-0.25, -0.2) is 0 Å². The molecule has 1 N–H and O–H groups in total. The van der Waals surface area contributed by atoms with Crippen LogP contribution in [0.15, 0.2) is 53.9 Å². The third kappa shape index (κ3) is 9.11. The number of quaternary nitrogens is 1. The number of hydrogen-bond acceptors (Lipinski definition) is 0. The highest BCUT2D eigenvalue weighted by Crippen LogP contribution is 2.03. The van der Waals surface area contributed by atoms with Crippen LogP contribution >= 0.6 is 0 Å². The van der Waals surface area contributed by atoms with Gasteiger partial charge in [0.1, 0.15) is 0 Å². The molecule has 0 aliphatic rings. The average molecular weight is 338 g/mol. The van der Waals surface area contributed by atoms with E-state index in [1.165, 1.54) is 47.4 Å². The zero-order chi connectivity index (χ0) is 14.1. The third-order valence-electron chi connectivity index (χ3n) is 2.97. The smallest absolute Gasteiger partial charge is 0.0974 e. The number of benzene rings is 1. The minimum absolute atomic E-state index is 0. The molecule has 1 aromatic rings. The Hall–Kier alpha value is -0.860. The van der Waals surface area contributed by atoms with E-state index in [-0.39, 0.29) is 17.0 Å². The van der Waals surface area contributed by atoms with Gasteiger partial charge < -0.3 is 17.0 Å². The summed E-state index contributed by atoms with van der Waals surface area (Å²) in [6, 6.07) is 10.8. The molecule has 0 amide bonds. The van der Waals surface area contributed by atoms with Crippen LogP contribution in [-0.2, 0) is 6.42 Å². The van der Waals surface area contributed by atoms with Crippen LogP contribution in [0.25, 0.3) is 0 Å². The van der Waals surface area contributed by atoms with Crippen LogP contribution < -0.4 is 21.9 Å². The molecule has 20 heavy (non-hydrogen) atoms. The molecule has 0 saturated heterocycles. The van der Waals surface area contributed by atoms with E-state index in [1.54, 1.807) is 0 Å². The van der Waals surface area contributed by atoms with Crippen LogP contribution in [0.3, 0.4) is 0 Å². The lowest BCUT2D eigenvalue weighted by Crippen LogP contribution is -3.02. The summed E-state index contributed by atoms with van der Waals surface area (Å²) in [4.78, 5) is 1.47. The Bertz CT molecular complexity index is 394. The van der Waals surface area contributed by atoms with Gasteiger partial charge in [0.05, 0.1) is 18.9 Å². The zero-order valence-corrected chi connectivity index (χ0v) is 14.8. The quantitative estimate of drug-likeness (QED) is 0.700. The number of halogens is 1. The maximum Gasteiger partial charge on any atom is 0.0974 e. The standard InChI is InChI=1S/C18H27N.BrH/c1-16(2)14-19(15-17(3)4)13-9-8-12-18-10-6-5-7-11-18;/h5-7,10-11,14-15H,8-9,12-13H2,1-4H3;1H. The van der Waals surface area contributed by atoms with E-state index >= 15 is 0 Å². The molecule has 1 rings (SSSR count). The highest BCUT2D eigenvalue weighted by atomic mass is 79.9. The fraction of sp³-hybridized carbons (Fsp3) is 0.444. The van der Waals surface area contributed by atoms with Crippen LogP contribution in [0.4, 0.5) is 0 Å². The molecular formula is C18H28BrN. The van der Waals surface area contributed by atoms with Crippen molar-refractivity contribution in [2.45, 2.75) is 47.0 Å². The number of unbranched alkanes of at least 4 members (excludes halogenated alkanes) is 1. The first-order valence-electron chi connectivity index (χ1n) is 7.27. The fourth-order valence-electron chi connectivity index (χ4n) is 2.23. The van der Waals surface area contributed by atoms with Crippen molar-refractivity contribution in [3.8, 4) is 0 Å². The van der Waals surface area contributed by atoms with Crippen molar-refractivity contribution in [3.63, 3.8) is 0 Å². The van der Waals surface area contributed by atoms with E-state index < -0.39 is 0 Å². The lowest BCUT2D eigenvalue weighted by molar-refractivity contribution is -0.791. The predicted octanol–water partition coefficient (Wildman–Crippen LogP) is 0.746. The summed E-state index contributed by atoms with van der Waals surface area (Å²) in [6.45, 7) is 9.86. The van der Waals surface area contributed by atoms with Gasteiger partial charge in [0.15, 0.2) is 0 Å². The number of hydrogen-bond donors (Lipinski definition) is 1. The fourth-order valence-corrected chi connectivity index (χ4v) is 2.23. The molecule has 0 radical (unpaired) electrons. The van der Waals surface area contributed by atoms with Crippen molar-refractivity contribution in [2.75, 3.05) is 6.54 Å². The Morgan fingerprint density at radius 1 is 0.900 bits per heavy atom. The van der Waals surface area contributed by atoms with E-state index in [0.717, 1.165) is 0 Å². The number of nitrogens with one attached hydrogen (secondary N) is 1. The van der Waals surface area contributed by atoms with E-state index in [0.29, 0.717) is 0 Å². The second kappa shape index (κ2) is 10.9. The Morgan fingerprint density at radius 2 is 1.45 bits per heavy atom. The van der Waals surface area contributed by atoms with Crippen molar-refractivity contribution < 1.29 is 21.9 Å². The van der Waals surface area contributed by atoms with Crippen molar-refractivity contribution in [1.82, 2.24) is 0 Å². The largest absolute Gasteiger partial charge is 1.00 e. The van der Waals surface area contributed by atoms with E-state index in [9.17, 15) is 0 Å². The minimum atomic E-state index is 0. The molecule has 0 unspecified atom stereocenters. The minimum Gasteiger partial charge on any atom is -1.00 e. The second-order valence-electron chi connectivity index (χ2n) is 5.71. The highest BCUT2D eigenvalue weighted by Gasteiger charge is 2.02. The van der Waals surface area contributed by atoms with Crippen molar-refractivity contribution in [3.05, 3.63) is 59.4 Å². The molecule has 0 spiro atoms. The van der Waals surface area contributed by atoms with Gasteiger partial charge in [-0.05, 0) is 63.7 Å². The Balaban J connectivity index is 0.00000361. The first-order chi connectivity index (χ1) is 9.08. The van der Waals surface area contributed by atoms with Crippen LogP contribution in [0, 0.1) is 0 Å². The number of rotatable bonds is 7. The lowest BCUT2D eigenvalue weighted by atomic mass is 10.1. The summed E-state index contributed by atoms with van der Waals surface area (Å²) >= 11 is 0. The van der Waals surface area contributed by atoms with Crippen LogP contribution in [-0.4, -0.2) is 6.54 Å². The predicted molar refractivity (Wildman–Crippen MR) is 84.1 cm³/mol.